The first-order valence-corrected chi connectivity index (χ1v) is 11.1. The average molecular weight is 415 g/mol. The van der Waals surface area contributed by atoms with Gasteiger partial charge >= 0.3 is 0 Å². The standard InChI is InChI=1S/C22H34N6O2/c1-2-28(30-20-10-6-5-7-11-20)21(29)12-8-3-4-9-15-25-22(26-18-23)27-19-13-16-24-17-14-19/h13-14,16-17,20H,2-12,15H2,1H3,(H2,24,25,26,27). The quantitative estimate of drug-likeness (QED) is 0.142. The summed E-state index contributed by atoms with van der Waals surface area (Å²) in [6.07, 6.45) is 15.5. The molecular formula is C22H34N6O2. The molecular weight excluding hydrogens is 380 g/mol. The van der Waals surface area contributed by atoms with Gasteiger partial charge in [0.15, 0.2) is 6.19 Å². The predicted molar refractivity (Wildman–Crippen MR) is 117 cm³/mol. The normalized spacial score (nSPS) is 14.7. The van der Waals surface area contributed by atoms with E-state index < -0.39 is 0 Å². The van der Waals surface area contributed by atoms with Gasteiger partial charge in [-0.2, -0.15) is 5.26 Å². The van der Waals surface area contributed by atoms with Crippen LogP contribution in [-0.2, 0) is 9.63 Å². The van der Waals surface area contributed by atoms with E-state index in [9.17, 15) is 4.79 Å². The van der Waals surface area contributed by atoms with Crippen molar-refractivity contribution in [2.45, 2.75) is 77.2 Å². The monoisotopic (exact) mass is 414 g/mol. The second-order valence-corrected chi connectivity index (χ2v) is 7.45. The lowest BCUT2D eigenvalue weighted by Crippen LogP contribution is -2.35. The van der Waals surface area contributed by atoms with Crippen LogP contribution in [0.4, 0.5) is 5.69 Å². The first kappa shape index (κ1) is 23.6. The maximum Gasteiger partial charge on any atom is 0.246 e. The molecule has 0 radical (unpaired) electrons. The Labute approximate surface area is 179 Å². The number of carbonyl (C=O) groups excluding carboxylic acids is 1. The summed E-state index contributed by atoms with van der Waals surface area (Å²) >= 11 is 0. The Bertz CT molecular complexity index is 683. The molecule has 1 fully saturated rings. The number of hydrogen-bond donors (Lipinski definition) is 2. The SMILES string of the molecule is CCN(OC1CCCCC1)C(=O)CCCCCCN=C(NC#N)Nc1ccncc1. The Balaban J connectivity index is 1.60. The van der Waals surface area contributed by atoms with Gasteiger partial charge in [0.1, 0.15) is 0 Å². The van der Waals surface area contributed by atoms with Gasteiger partial charge in [-0.15, -0.1) is 0 Å². The summed E-state index contributed by atoms with van der Waals surface area (Å²) < 4.78 is 0. The number of carbonyl (C=O) groups is 1. The van der Waals surface area contributed by atoms with Gasteiger partial charge in [0, 0.05) is 37.6 Å². The maximum absolute atomic E-state index is 12.4. The first-order chi connectivity index (χ1) is 14.7. The van der Waals surface area contributed by atoms with Crippen molar-refractivity contribution in [3.05, 3.63) is 24.5 Å². The molecule has 8 nitrogen and oxygen atoms in total. The van der Waals surface area contributed by atoms with Crippen molar-refractivity contribution in [3.8, 4) is 6.19 Å². The Hall–Kier alpha value is -2.66. The molecule has 0 atom stereocenters. The van der Waals surface area contributed by atoms with E-state index in [0.717, 1.165) is 44.2 Å². The summed E-state index contributed by atoms with van der Waals surface area (Å²) in [4.78, 5) is 26.7. The van der Waals surface area contributed by atoms with Crippen molar-refractivity contribution in [1.29, 1.82) is 5.26 Å². The number of pyridine rings is 1. The zero-order valence-corrected chi connectivity index (χ0v) is 18.0. The third kappa shape index (κ3) is 9.23. The van der Waals surface area contributed by atoms with Gasteiger partial charge in [0.05, 0.1) is 6.10 Å². The van der Waals surface area contributed by atoms with E-state index in [1.165, 1.54) is 19.3 Å². The molecule has 0 unspecified atom stereocenters. The molecule has 1 amide bonds. The minimum absolute atomic E-state index is 0.0863. The molecule has 1 aromatic heterocycles. The summed E-state index contributed by atoms with van der Waals surface area (Å²) in [5.74, 6) is 0.514. The molecule has 0 spiro atoms. The van der Waals surface area contributed by atoms with E-state index in [1.54, 1.807) is 17.5 Å². The molecule has 2 N–H and O–H groups in total. The van der Waals surface area contributed by atoms with Crippen LogP contribution < -0.4 is 10.6 Å². The Morgan fingerprint density at radius 2 is 1.97 bits per heavy atom. The number of aromatic nitrogens is 1. The van der Waals surface area contributed by atoms with Gasteiger partial charge in [-0.25, -0.2) is 5.06 Å². The molecule has 164 valence electrons. The maximum atomic E-state index is 12.4. The summed E-state index contributed by atoms with van der Waals surface area (Å²) in [7, 11) is 0. The molecule has 1 aliphatic rings. The lowest BCUT2D eigenvalue weighted by atomic mass is 9.98. The molecule has 30 heavy (non-hydrogen) atoms. The fraction of sp³-hybridized carbons (Fsp3) is 0.636. The van der Waals surface area contributed by atoms with E-state index >= 15 is 0 Å². The van der Waals surface area contributed by atoms with Gasteiger partial charge in [-0.05, 0) is 44.7 Å². The third-order valence-electron chi connectivity index (χ3n) is 5.08. The predicted octanol–water partition coefficient (Wildman–Crippen LogP) is 3.98. The number of guanidine groups is 1. The van der Waals surface area contributed by atoms with Crippen molar-refractivity contribution in [1.82, 2.24) is 15.4 Å². The summed E-state index contributed by atoms with van der Waals surface area (Å²) in [5.41, 5.74) is 0.820. The van der Waals surface area contributed by atoms with Crippen LogP contribution in [0.1, 0.15) is 71.1 Å². The third-order valence-corrected chi connectivity index (χ3v) is 5.08. The number of nitriles is 1. The number of hydroxylamine groups is 2. The van der Waals surface area contributed by atoms with E-state index in [-0.39, 0.29) is 12.0 Å². The van der Waals surface area contributed by atoms with Crippen LogP contribution in [0, 0.1) is 11.5 Å². The van der Waals surface area contributed by atoms with Crippen molar-refractivity contribution < 1.29 is 9.63 Å². The topological polar surface area (TPSA) is 103 Å². The number of amides is 1. The summed E-state index contributed by atoms with van der Waals surface area (Å²) in [6.45, 7) is 3.18. The molecule has 2 rings (SSSR count). The van der Waals surface area contributed by atoms with Crippen LogP contribution in [-0.4, -0.2) is 41.1 Å². The Morgan fingerprint density at radius 3 is 2.67 bits per heavy atom. The molecule has 0 aliphatic heterocycles. The molecule has 1 aliphatic carbocycles. The number of nitrogens with one attached hydrogen (secondary N) is 2. The molecule has 0 bridgehead atoms. The zero-order chi connectivity index (χ0) is 21.4. The minimum Gasteiger partial charge on any atom is -0.325 e. The minimum atomic E-state index is 0.0863. The first-order valence-electron chi connectivity index (χ1n) is 11.1. The second kappa shape index (κ2) is 14.3. The lowest BCUT2D eigenvalue weighted by Gasteiger charge is -2.28. The van der Waals surface area contributed by atoms with Crippen LogP contribution in [0.2, 0.25) is 0 Å². The van der Waals surface area contributed by atoms with Crippen LogP contribution in [0.15, 0.2) is 29.5 Å². The van der Waals surface area contributed by atoms with Gasteiger partial charge < -0.3 is 5.32 Å². The second-order valence-electron chi connectivity index (χ2n) is 7.45. The van der Waals surface area contributed by atoms with Gasteiger partial charge in [0.2, 0.25) is 11.9 Å². The fourth-order valence-electron chi connectivity index (χ4n) is 3.45. The van der Waals surface area contributed by atoms with E-state index in [1.807, 2.05) is 25.2 Å². The molecule has 1 saturated carbocycles. The van der Waals surface area contributed by atoms with Crippen LogP contribution in [0.5, 0.6) is 0 Å². The van der Waals surface area contributed by atoms with Crippen LogP contribution in [0.25, 0.3) is 0 Å². The number of nitrogens with zero attached hydrogens (tertiary/aromatic N) is 4. The van der Waals surface area contributed by atoms with E-state index in [0.29, 0.717) is 25.5 Å². The Morgan fingerprint density at radius 1 is 1.23 bits per heavy atom. The molecule has 1 aromatic rings. The van der Waals surface area contributed by atoms with Gasteiger partial charge in [-0.3, -0.25) is 24.9 Å². The highest BCUT2D eigenvalue weighted by molar-refractivity contribution is 5.94. The number of hydrogen-bond acceptors (Lipinski definition) is 5. The van der Waals surface area contributed by atoms with Gasteiger partial charge in [-0.1, -0.05) is 32.1 Å². The molecule has 0 saturated heterocycles. The van der Waals surface area contributed by atoms with Crippen molar-refractivity contribution in [3.63, 3.8) is 0 Å². The number of anilines is 1. The highest BCUT2D eigenvalue weighted by Gasteiger charge is 2.20. The van der Waals surface area contributed by atoms with E-state index in [4.69, 9.17) is 10.1 Å². The van der Waals surface area contributed by atoms with Crippen LogP contribution >= 0.6 is 0 Å². The lowest BCUT2D eigenvalue weighted by molar-refractivity contribution is -0.209. The van der Waals surface area contributed by atoms with Crippen LogP contribution in [0.3, 0.4) is 0 Å². The molecule has 0 aromatic carbocycles. The summed E-state index contributed by atoms with van der Waals surface area (Å²) in [6, 6.07) is 3.62. The Kier molecular flexibility index (Phi) is 11.3. The van der Waals surface area contributed by atoms with Crippen molar-refractivity contribution in [2.24, 2.45) is 4.99 Å². The number of unbranched alkanes of at least 4 members (excludes halogenated alkanes) is 3. The average Bonchev–Trinajstić information content (AvgIpc) is 2.78. The molecule has 1 heterocycles. The highest BCUT2D eigenvalue weighted by Crippen LogP contribution is 2.21. The number of aliphatic imine (C=N–C) groups is 1. The highest BCUT2D eigenvalue weighted by atomic mass is 16.7. The van der Waals surface area contributed by atoms with E-state index in [2.05, 4.69) is 20.6 Å². The largest absolute Gasteiger partial charge is 0.325 e. The zero-order valence-electron chi connectivity index (χ0n) is 18.0. The fourth-order valence-corrected chi connectivity index (χ4v) is 3.45. The van der Waals surface area contributed by atoms with Crippen molar-refractivity contribution >= 4 is 17.6 Å². The van der Waals surface area contributed by atoms with Gasteiger partial charge in [0.25, 0.3) is 0 Å². The smallest absolute Gasteiger partial charge is 0.246 e. The summed E-state index contributed by atoms with van der Waals surface area (Å²) in [5, 5.41) is 16.0. The number of rotatable bonds is 11. The van der Waals surface area contributed by atoms with Crippen molar-refractivity contribution in [2.75, 3.05) is 18.4 Å². The molecule has 8 heteroatoms.